The first-order valence-electron chi connectivity index (χ1n) is 3.68. The normalized spacial score (nSPS) is 10.4. The molecule has 0 amide bonds. The summed E-state index contributed by atoms with van der Waals surface area (Å²) in [5.41, 5.74) is -0.00616. The van der Waals surface area contributed by atoms with Crippen LogP contribution >= 0.6 is 11.3 Å². The number of hydrogen-bond acceptors (Lipinski definition) is 3. The van der Waals surface area contributed by atoms with Crippen LogP contribution in [0, 0.1) is 11.6 Å². The van der Waals surface area contributed by atoms with E-state index in [1.807, 2.05) is 0 Å². The average Bonchev–Trinajstić information content (AvgIpc) is 2.57. The van der Waals surface area contributed by atoms with Gasteiger partial charge in [-0.2, -0.15) is 5.10 Å². The Morgan fingerprint density at radius 1 is 1.36 bits per heavy atom. The second kappa shape index (κ2) is 3.30. The zero-order valence-electron chi connectivity index (χ0n) is 6.75. The van der Waals surface area contributed by atoms with Crippen molar-refractivity contribution >= 4 is 11.3 Å². The van der Waals surface area contributed by atoms with Gasteiger partial charge in [-0.15, -0.1) is 0 Å². The van der Waals surface area contributed by atoms with Crippen LogP contribution in [0.3, 0.4) is 0 Å². The van der Waals surface area contributed by atoms with Crippen molar-refractivity contribution in [2.24, 2.45) is 0 Å². The maximum Gasteiger partial charge on any atom is 0.322 e. The Balaban J connectivity index is 2.62. The van der Waals surface area contributed by atoms with Crippen molar-refractivity contribution in [1.82, 2.24) is 10.2 Å². The van der Waals surface area contributed by atoms with Gasteiger partial charge in [-0.05, 0) is 12.1 Å². The fourth-order valence-electron chi connectivity index (χ4n) is 1.01. The third kappa shape index (κ3) is 1.44. The molecule has 72 valence electrons. The van der Waals surface area contributed by atoms with E-state index in [2.05, 4.69) is 10.2 Å². The molecule has 6 heteroatoms. The van der Waals surface area contributed by atoms with Crippen LogP contribution in [-0.4, -0.2) is 10.2 Å². The van der Waals surface area contributed by atoms with E-state index < -0.39 is 16.5 Å². The van der Waals surface area contributed by atoms with Gasteiger partial charge < -0.3 is 0 Å². The van der Waals surface area contributed by atoms with E-state index in [-0.39, 0.29) is 10.6 Å². The molecule has 1 N–H and O–H groups in total. The van der Waals surface area contributed by atoms with Crippen LogP contribution < -0.4 is 4.87 Å². The minimum atomic E-state index is -0.991. The molecule has 2 rings (SSSR count). The second-order valence-corrected chi connectivity index (χ2v) is 3.48. The lowest BCUT2D eigenvalue weighted by Gasteiger charge is -1.97. The average molecular weight is 214 g/mol. The number of nitrogens with zero attached hydrogens (tertiary/aromatic N) is 1. The van der Waals surface area contributed by atoms with Gasteiger partial charge in [0.2, 0.25) is 0 Å². The van der Waals surface area contributed by atoms with Crippen LogP contribution in [0.2, 0.25) is 0 Å². The molecule has 1 aromatic heterocycles. The summed E-state index contributed by atoms with van der Waals surface area (Å²) < 4.78 is 26.0. The standard InChI is InChI=1S/C8H4F2N2OS/c9-5-3-1-2-4(6(5)10)7-11-12-8(13)14-7/h1-3H,(H,12,13). The summed E-state index contributed by atoms with van der Waals surface area (Å²) in [6.45, 7) is 0. The highest BCUT2D eigenvalue weighted by molar-refractivity contribution is 7.12. The highest BCUT2D eigenvalue weighted by Crippen LogP contribution is 2.23. The summed E-state index contributed by atoms with van der Waals surface area (Å²) in [5, 5.41) is 5.85. The maximum atomic E-state index is 13.2. The molecule has 0 bridgehead atoms. The number of benzene rings is 1. The van der Waals surface area contributed by atoms with Crippen LogP contribution in [0.25, 0.3) is 10.6 Å². The fourth-order valence-corrected chi connectivity index (χ4v) is 1.64. The van der Waals surface area contributed by atoms with E-state index in [1.165, 1.54) is 12.1 Å². The Labute approximate surface area is 81.0 Å². The number of aromatic amines is 1. The molecule has 14 heavy (non-hydrogen) atoms. The highest BCUT2D eigenvalue weighted by Gasteiger charge is 2.12. The molecule has 3 nitrogen and oxygen atoms in total. The summed E-state index contributed by atoms with van der Waals surface area (Å²) in [6.07, 6.45) is 0. The third-order valence-corrected chi connectivity index (χ3v) is 2.40. The lowest BCUT2D eigenvalue weighted by atomic mass is 10.2. The molecule has 0 aliphatic carbocycles. The molecule has 0 radical (unpaired) electrons. The predicted octanol–water partition coefficient (Wildman–Crippen LogP) is 1.78. The lowest BCUT2D eigenvalue weighted by Crippen LogP contribution is -1.90. The summed E-state index contributed by atoms with van der Waals surface area (Å²) in [4.78, 5) is 10.3. The van der Waals surface area contributed by atoms with E-state index >= 15 is 0 Å². The van der Waals surface area contributed by atoms with Crippen LogP contribution in [0.15, 0.2) is 23.0 Å². The van der Waals surface area contributed by atoms with Crippen molar-refractivity contribution in [3.05, 3.63) is 39.5 Å². The van der Waals surface area contributed by atoms with Crippen molar-refractivity contribution in [3.63, 3.8) is 0 Å². The Kier molecular flexibility index (Phi) is 2.12. The molecule has 0 saturated carbocycles. The monoisotopic (exact) mass is 214 g/mol. The molecule has 0 aliphatic rings. The van der Waals surface area contributed by atoms with Gasteiger partial charge in [0.25, 0.3) is 0 Å². The van der Waals surface area contributed by atoms with Gasteiger partial charge in [0, 0.05) is 0 Å². The lowest BCUT2D eigenvalue weighted by molar-refractivity contribution is 0.511. The van der Waals surface area contributed by atoms with E-state index in [9.17, 15) is 13.6 Å². The summed E-state index contributed by atoms with van der Waals surface area (Å²) in [5.74, 6) is -1.94. The van der Waals surface area contributed by atoms with Crippen LogP contribution in [-0.2, 0) is 0 Å². The number of aromatic nitrogens is 2. The van der Waals surface area contributed by atoms with Crippen molar-refractivity contribution in [1.29, 1.82) is 0 Å². The SMILES string of the molecule is O=c1[nH]nc(-c2cccc(F)c2F)s1. The van der Waals surface area contributed by atoms with Crippen molar-refractivity contribution in [2.75, 3.05) is 0 Å². The largest absolute Gasteiger partial charge is 0.322 e. The van der Waals surface area contributed by atoms with Gasteiger partial charge in [0.05, 0.1) is 5.56 Å². The van der Waals surface area contributed by atoms with E-state index in [0.717, 1.165) is 17.4 Å². The molecule has 0 aliphatic heterocycles. The first-order valence-corrected chi connectivity index (χ1v) is 4.50. The number of hydrogen-bond donors (Lipinski definition) is 1. The minimum Gasteiger partial charge on any atom is -0.255 e. The molecule has 0 unspecified atom stereocenters. The third-order valence-electron chi connectivity index (χ3n) is 1.62. The Morgan fingerprint density at radius 3 is 2.79 bits per heavy atom. The Hall–Kier alpha value is -1.56. The maximum absolute atomic E-state index is 13.2. The Morgan fingerprint density at radius 2 is 2.14 bits per heavy atom. The summed E-state index contributed by atoms with van der Waals surface area (Å²) in [7, 11) is 0. The molecular formula is C8H4F2N2OS. The van der Waals surface area contributed by atoms with Crippen LogP contribution in [0.4, 0.5) is 8.78 Å². The smallest absolute Gasteiger partial charge is 0.255 e. The zero-order chi connectivity index (χ0) is 10.1. The van der Waals surface area contributed by atoms with Crippen molar-refractivity contribution in [3.8, 4) is 10.6 Å². The summed E-state index contributed by atoms with van der Waals surface area (Å²) in [6, 6.07) is 3.73. The quantitative estimate of drug-likeness (QED) is 0.786. The van der Waals surface area contributed by atoms with Crippen molar-refractivity contribution in [2.45, 2.75) is 0 Å². The van der Waals surface area contributed by atoms with Gasteiger partial charge in [-0.1, -0.05) is 17.4 Å². The van der Waals surface area contributed by atoms with Gasteiger partial charge in [0.15, 0.2) is 16.6 Å². The zero-order valence-corrected chi connectivity index (χ0v) is 7.57. The summed E-state index contributed by atoms with van der Waals surface area (Å²) >= 11 is 0.735. The molecule has 2 aromatic rings. The molecule has 0 saturated heterocycles. The molecule has 0 atom stereocenters. The van der Waals surface area contributed by atoms with Gasteiger partial charge in [-0.3, -0.25) is 4.79 Å². The predicted molar refractivity (Wildman–Crippen MR) is 48.1 cm³/mol. The number of halogens is 2. The Bertz CT molecular complexity index is 520. The van der Waals surface area contributed by atoms with Crippen LogP contribution in [0.5, 0.6) is 0 Å². The highest BCUT2D eigenvalue weighted by atomic mass is 32.1. The minimum absolute atomic E-state index is 0.00616. The first-order chi connectivity index (χ1) is 6.68. The topological polar surface area (TPSA) is 45.8 Å². The molecule has 0 spiro atoms. The van der Waals surface area contributed by atoms with Gasteiger partial charge in [-0.25, -0.2) is 13.9 Å². The number of H-pyrrole nitrogens is 1. The van der Waals surface area contributed by atoms with Gasteiger partial charge in [0.1, 0.15) is 0 Å². The van der Waals surface area contributed by atoms with E-state index in [0.29, 0.717) is 0 Å². The van der Waals surface area contributed by atoms with E-state index in [1.54, 1.807) is 0 Å². The van der Waals surface area contributed by atoms with Crippen molar-refractivity contribution < 1.29 is 8.78 Å². The first kappa shape index (κ1) is 9.01. The van der Waals surface area contributed by atoms with Gasteiger partial charge >= 0.3 is 4.87 Å². The number of rotatable bonds is 1. The molecule has 1 aromatic carbocycles. The van der Waals surface area contributed by atoms with Crippen LogP contribution in [0.1, 0.15) is 0 Å². The molecule has 0 fully saturated rings. The van der Waals surface area contributed by atoms with E-state index in [4.69, 9.17) is 0 Å². The second-order valence-electron chi connectivity index (χ2n) is 2.52. The number of nitrogens with one attached hydrogen (secondary N) is 1. The molecule has 1 heterocycles. The molecular weight excluding hydrogens is 210 g/mol. The fraction of sp³-hybridized carbons (Fsp3) is 0.